The van der Waals surface area contributed by atoms with E-state index in [2.05, 4.69) is 5.32 Å². The molecule has 2 heterocycles. The van der Waals surface area contributed by atoms with Gasteiger partial charge in [-0.2, -0.15) is 13.2 Å². The Kier molecular flexibility index (Phi) is 7.47. The Labute approximate surface area is 215 Å². The van der Waals surface area contributed by atoms with E-state index in [9.17, 15) is 37.8 Å². The molecule has 1 unspecified atom stereocenters. The number of anilines is 1. The minimum Gasteiger partial charge on any atom is -0.461 e. The third-order valence-corrected chi connectivity index (χ3v) is 6.35. The van der Waals surface area contributed by atoms with Crippen molar-refractivity contribution in [1.29, 1.82) is 0 Å². The normalized spacial score (nSPS) is 17.8. The summed E-state index contributed by atoms with van der Waals surface area (Å²) < 4.78 is 51.0. The van der Waals surface area contributed by atoms with Crippen LogP contribution in [0.4, 0.5) is 23.7 Å². The molecule has 4 rings (SSSR count). The topological polar surface area (TPSA) is 125 Å². The summed E-state index contributed by atoms with van der Waals surface area (Å²) in [6.45, 7) is -0.199. The van der Waals surface area contributed by atoms with Gasteiger partial charge in [0.05, 0.1) is 31.7 Å². The lowest BCUT2D eigenvalue weighted by Gasteiger charge is -2.22. The molecule has 3 N–H and O–H groups in total. The fourth-order valence-electron chi connectivity index (χ4n) is 4.06. The molecule has 12 heteroatoms. The van der Waals surface area contributed by atoms with E-state index < -0.39 is 54.4 Å². The standard InChI is InChI=1S/C26H25F3N2O7/c1-25(13-32,14-33)23(35)37-12-18-11-31(24(36)38-18)17-7-6-15-9-21(30-22(34)10-16(15)8-17)19-4-2-3-5-20(19)26(27,28)29/h2-9,18,32-33H,10-14H2,1H3,(H,30,34). The molecule has 0 radical (unpaired) electrons. The van der Waals surface area contributed by atoms with Crippen molar-refractivity contribution in [2.45, 2.75) is 25.6 Å². The number of aliphatic hydroxyl groups excluding tert-OH is 2. The minimum atomic E-state index is -4.61. The number of hydrogen-bond acceptors (Lipinski definition) is 7. The second-order valence-electron chi connectivity index (χ2n) is 9.30. The number of carbonyl (C=O) groups excluding carboxylic acids is 3. The number of aliphatic hydroxyl groups is 2. The Balaban J connectivity index is 1.54. The summed E-state index contributed by atoms with van der Waals surface area (Å²) in [6.07, 6.45) is -4.83. The summed E-state index contributed by atoms with van der Waals surface area (Å²) in [7, 11) is 0. The van der Waals surface area contributed by atoms with Crippen LogP contribution in [0.15, 0.2) is 42.5 Å². The number of cyclic esters (lactones) is 1. The zero-order chi connectivity index (χ0) is 27.7. The number of nitrogens with one attached hydrogen (secondary N) is 1. The van der Waals surface area contributed by atoms with Crippen LogP contribution in [0, 0.1) is 5.41 Å². The van der Waals surface area contributed by atoms with Gasteiger partial charge in [-0.1, -0.05) is 24.3 Å². The number of carbonyl (C=O) groups is 3. The van der Waals surface area contributed by atoms with Crippen LogP contribution < -0.4 is 10.2 Å². The van der Waals surface area contributed by atoms with Crippen molar-refractivity contribution < 1.29 is 47.2 Å². The fourth-order valence-corrected chi connectivity index (χ4v) is 4.06. The van der Waals surface area contributed by atoms with Crippen LogP contribution in [-0.2, 0) is 31.7 Å². The second kappa shape index (κ2) is 10.5. The maximum atomic E-state index is 13.5. The molecule has 1 fully saturated rings. The molecule has 9 nitrogen and oxygen atoms in total. The first-order chi connectivity index (χ1) is 17.9. The molecule has 2 aromatic rings. The van der Waals surface area contributed by atoms with Gasteiger partial charge in [-0.25, -0.2) is 4.79 Å². The van der Waals surface area contributed by atoms with Crippen LogP contribution in [0.25, 0.3) is 11.8 Å². The van der Waals surface area contributed by atoms with Crippen LogP contribution in [0.1, 0.15) is 29.2 Å². The number of rotatable bonds is 7. The number of benzene rings is 2. The number of ether oxygens (including phenoxy) is 2. The molecule has 38 heavy (non-hydrogen) atoms. The van der Waals surface area contributed by atoms with Gasteiger partial charge in [0.2, 0.25) is 5.91 Å². The van der Waals surface area contributed by atoms with Gasteiger partial charge in [0.15, 0.2) is 6.10 Å². The van der Waals surface area contributed by atoms with Gasteiger partial charge >= 0.3 is 18.2 Å². The highest BCUT2D eigenvalue weighted by Crippen LogP contribution is 2.36. The van der Waals surface area contributed by atoms with Crippen molar-refractivity contribution in [1.82, 2.24) is 5.32 Å². The highest BCUT2D eigenvalue weighted by atomic mass is 19.4. The average Bonchev–Trinajstić information content (AvgIpc) is 3.17. The van der Waals surface area contributed by atoms with E-state index in [0.717, 1.165) is 6.07 Å². The van der Waals surface area contributed by atoms with Crippen molar-refractivity contribution >= 4 is 35.4 Å². The number of halogens is 3. The Morgan fingerprint density at radius 2 is 1.87 bits per heavy atom. The third-order valence-electron chi connectivity index (χ3n) is 6.35. The van der Waals surface area contributed by atoms with E-state index >= 15 is 0 Å². The van der Waals surface area contributed by atoms with Crippen LogP contribution >= 0.6 is 0 Å². The minimum absolute atomic E-state index is 0.00893. The molecule has 2 aromatic carbocycles. The number of esters is 1. The first-order valence-electron chi connectivity index (χ1n) is 11.6. The van der Waals surface area contributed by atoms with Crippen molar-refractivity contribution in [3.05, 3.63) is 64.7 Å². The lowest BCUT2D eigenvalue weighted by molar-refractivity contribution is -0.162. The van der Waals surface area contributed by atoms with E-state index in [1.807, 2.05) is 0 Å². The lowest BCUT2D eigenvalue weighted by Crippen LogP contribution is -2.38. The maximum absolute atomic E-state index is 13.5. The van der Waals surface area contributed by atoms with Crippen LogP contribution in [-0.4, -0.2) is 60.7 Å². The van der Waals surface area contributed by atoms with E-state index in [1.54, 1.807) is 18.2 Å². The molecule has 1 saturated heterocycles. The Bertz CT molecular complexity index is 1290. The second-order valence-corrected chi connectivity index (χ2v) is 9.30. The van der Waals surface area contributed by atoms with E-state index in [-0.39, 0.29) is 30.8 Å². The van der Waals surface area contributed by atoms with E-state index in [4.69, 9.17) is 9.47 Å². The number of alkyl halides is 3. The molecule has 2 aliphatic heterocycles. The van der Waals surface area contributed by atoms with Crippen LogP contribution in [0.3, 0.4) is 0 Å². The quantitative estimate of drug-likeness (QED) is 0.467. The Morgan fingerprint density at radius 3 is 2.55 bits per heavy atom. The Hall–Kier alpha value is -3.90. The monoisotopic (exact) mass is 534 g/mol. The number of hydrogen-bond donors (Lipinski definition) is 3. The predicted octanol–water partition coefficient (Wildman–Crippen LogP) is 2.74. The first-order valence-corrected chi connectivity index (χ1v) is 11.6. The molecule has 2 amide bonds. The number of nitrogens with zero attached hydrogens (tertiary/aromatic N) is 1. The summed E-state index contributed by atoms with van der Waals surface area (Å²) in [4.78, 5) is 38.5. The smallest absolute Gasteiger partial charge is 0.417 e. The maximum Gasteiger partial charge on any atom is 0.417 e. The largest absolute Gasteiger partial charge is 0.461 e. The highest BCUT2D eigenvalue weighted by Gasteiger charge is 2.38. The molecule has 0 aliphatic carbocycles. The zero-order valence-corrected chi connectivity index (χ0v) is 20.2. The number of fused-ring (bicyclic) bond motifs is 1. The molecule has 202 valence electrons. The third kappa shape index (κ3) is 5.50. The van der Waals surface area contributed by atoms with Gasteiger partial charge in [0.25, 0.3) is 0 Å². The van der Waals surface area contributed by atoms with E-state index in [0.29, 0.717) is 16.8 Å². The van der Waals surface area contributed by atoms with Crippen LogP contribution in [0.5, 0.6) is 0 Å². The molecule has 0 bridgehead atoms. The molecular weight excluding hydrogens is 509 g/mol. The summed E-state index contributed by atoms with van der Waals surface area (Å²) in [6, 6.07) is 9.69. The van der Waals surface area contributed by atoms with Crippen molar-refractivity contribution in [2.75, 3.05) is 31.3 Å². The summed E-state index contributed by atoms with van der Waals surface area (Å²) in [5.41, 5.74) is -1.14. The van der Waals surface area contributed by atoms with Gasteiger partial charge in [-0.15, -0.1) is 0 Å². The van der Waals surface area contributed by atoms with Gasteiger partial charge < -0.3 is 25.0 Å². The summed E-state index contributed by atoms with van der Waals surface area (Å²) in [5, 5.41) is 21.2. The molecule has 2 aliphatic rings. The lowest BCUT2D eigenvalue weighted by atomic mass is 9.93. The average molecular weight is 534 g/mol. The predicted molar refractivity (Wildman–Crippen MR) is 128 cm³/mol. The van der Waals surface area contributed by atoms with Gasteiger partial charge in [-0.05, 0) is 42.3 Å². The Morgan fingerprint density at radius 1 is 1.16 bits per heavy atom. The highest BCUT2D eigenvalue weighted by molar-refractivity contribution is 5.98. The molecule has 0 spiro atoms. The molecule has 1 atom stereocenters. The zero-order valence-electron chi connectivity index (χ0n) is 20.2. The SMILES string of the molecule is CC(CO)(CO)C(=O)OCC1CN(c2ccc3c(c2)CC(=O)NC(c2ccccc2C(F)(F)F)=C3)C(=O)O1. The van der Waals surface area contributed by atoms with Gasteiger partial charge in [0, 0.05) is 16.9 Å². The number of amides is 2. The van der Waals surface area contributed by atoms with Gasteiger partial charge in [-0.3, -0.25) is 14.5 Å². The van der Waals surface area contributed by atoms with Crippen molar-refractivity contribution in [2.24, 2.45) is 5.41 Å². The molecule has 0 saturated carbocycles. The van der Waals surface area contributed by atoms with Crippen molar-refractivity contribution in [3.8, 4) is 0 Å². The van der Waals surface area contributed by atoms with E-state index in [1.165, 1.54) is 36.1 Å². The summed E-state index contributed by atoms with van der Waals surface area (Å²) >= 11 is 0. The molecular formula is C26H25F3N2O7. The molecule has 0 aromatic heterocycles. The van der Waals surface area contributed by atoms with Gasteiger partial charge in [0.1, 0.15) is 12.0 Å². The van der Waals surface area contributed by atoms with Crippen molar-refractivity contribution in [3.63, 3.8) is 0 Å². The first kappa shape index (κ1) is 27.1. The van der Waals surface area contributed by atoms with Crippen LogP contribution in [0.2, 0.25) is 0 Å². The summed E-state index contributed by atoms with van der Waals surface area (Å²) in [5.74, 6) is -1.36. The fraction of sp³-hybridized carbons (Fsp3) is 0.346.